The van der Waals surface area contributed by atoms with Crippen LogP contribution in [-0.2, 0) is 31.3 Å². The highest BCUT2D eigenvalue weighted by Crippen LogP contribution is 2.60. The molecule has 4 aromatic carbocycles. The fourth-order valence-electron chi connectivity index (χ4n) is 7.48. The van der Waals surface area contributed by atoms with Gasteiger partial charge in [-0.1, -0.05) is 55.5 Å². The molecule has 4 aromatic rings. The molecule has 0 saturated carbocycles. The van der Waals surface area contributed by atoms with Crippen LogP contribution in [0.2, 0.25) is 18.6 Å². The normalized spacial score (nSPS) is 21.9. The Bertz CT molecular complexity index is 1770. The molecule has 1 spiro atoms. The van der Waals surface area contributed by atoms with E-state index in [0.717, 1.165) is 24.1 Å². The molecule has 47 heavy (non-hydrogen) atoms. The molecular formula is C37H39N3O6Si. The molecule has 0 radical (unpaired) electrons. The summed E-state index contributed by atoms with van der Waals surface area (Å²) in [5.41, 5.74) is 2.92. The van der Waals surface area contributed by atoms with E-state index in [9.17, 15) is 24.3 Å². The van der Waals surface area contributed by atoms with Crippen molar-refractivity contribution in [3.05, 3.63) is 114 Å². The van der Waals surface area contributed by atoms with Gasteiger partial charge in [0.15, 0.2) is 13.9 Å². The van der Waals surface area contributed by atoms with Gasteiger partial charge in [-0.15, -0.1) is 0 Å². The Labute approximate surface area is 275 Å². The van der Waals surface area contributed by atoms with E-state index >= 15 is 0 Å². The number of hydrogen-bond donors (Lipinski definition) is 2. The summed E-state index contributed by atoms with van der Waals surface area (Å²) in [7, 11) is -2.89. The number of benzene rings is 4. The third kappa shape index (κ3) is 5.67. The molecule has 10 heteroatoms. The molecule has 0 aliphatic carbocycles. The van der Waals surface area contributed by atoms with Gasteiger partial charge in [-0.2, -0.15) is 0 Å². The summed E-state index contributed by atoms with van der Waals surface area (Å²) in [6, 6.07) is 31.6. The van der Waals surface area contributed by atoms with Gasteiger partial charge < -0.3 is 19.5 Å². The lowest BCUT2D eigenvalue weighted by atomic mass is 9.82. The van der Waals surface area contributed by atoms with Crippen LogP contribution < -0.4 is 14.7 Å². The predicted octanol–water partition coefficient (Wildman–Crippen LogP) is 6.00. The quantitative estimate of drug-likeness (QED) is 0.152. The topological polar surface area (TPSA) is 111 Å². The van der Waals surface area contributed by atoms with Crippen molar-refractivity contribution in [3.8, 4) is 0 Å². The summed E-state index contributed by atoms with van der Waals surface area (Å²) in [6.07, 6.45) is 1.26. The highest BCUT2D eigenvalue weighted by molar-refractivity contribution is 6.71. The van der Waals surface area contributed by atoms with E-state index in [0.29, 0.717) is 28.3 Å². The number of amides is 3. The number of aliphatic hydroxyl groups is 1. The fraction of sp³-hybridized carbons (Fsp3) is 0.270. The van der Waals surface area contributed by atoms with E-state index in [1.54, 1.807) is 9.80 Å². The van der Waals surface area contributed by atoms with Gasteiger partial charge in [-0.05, 0) is 79.7 Å². The van der Waals surface area contributed by atoms with E-state index in [1.165, 1.54) is 4.90 Å². The van der Waals surface area contributed by atoms with Gasteiger partial charge in [-0.25, -0.2) is 0 Å². The summed E-state index contributed by atoms with van der Waals surface area (Å²) in [4.78, 5) is 55.7. The molecule has 1 fully saturated rings. The van der Waals surface area contributed by atoms with Crippen molar-refractivity contribution in [2.75, 3.05) is 21.3 Å². The van der Waals surface area contributed by atoms with E-state index < -0.39 is 25.9 Å². The van der Waals surface area contributed by atoms with Crippen LogP contribution in [-0.4, -0.2) is 49.7 Å². The third-order valence-corrected chi connectivity index (χ3v) is 12.0. The van der Waals surface area contributed by atoms with Crippen LogP contribution in [0.4, 0.5) is 28.4 Å². The van der Waals surface area contributed by atoms with Crippen molar-refractivity contribution >= 4 is 55.5 Å². The van der Waals surface area contributed by atoms with Crippen molar-refractivity contribution in [3.63, 3.8) is 0 Å². The largest absolute Gasteiger partial charge is 0.432 e. The van der Waals surface area contributed by atoms with Crippen LogP contribution in [0.3, 0.4) is 0 Å². The third-order valence-electron chi connectivity index (χ3n) is 9.47. The molecule has 0 bridgehead atoms. The number of anilines is 5. The summed E-state index contributed by atoms with van der Waals surface area (Å²) in [5, 5.41) is 9.97. The molecule has 2 N–H and O–H groups in total. The number of carbonyl (C=O) groups excluding carboxylic acids is 3. The van der Waals surface area contributed by atoms with Gasteiger partial charge in [0.2, 0.25) is 12.8 Å². The Morgan fingerprint density at radius 3 is 1.96 bits per heavy atom. The summed E-state index contributed by atoms with van der Waals surface area (Å²) in [5.74, 6) is -0.687. The predicted molar refractivity (Wildman–Crippen MR) is 184 cm³/mol. The molecule has 2 aliphatic heterocycles. The van der Waals surface area contributed by atoms with E-state index in [-0.39, 0.29) is 31.0 Å². The zero-order valence-corrected chi connectivity index (χ0v) is 27.7. The molecule has 9 nitrogen and oxygen atoms in total. The first-order valence-corrected chi connectivity index (χ1v) is 18.8. The van der Waals surface area contributed by atoms with Gasteiger partial charge in [0, 0.05) is 46.4 Å². The van der Waals surface area contributed by atoms with Crippen molar-refractivity contribution in [1.29, 1.82) is 0 Å². The molecule has 0 unspecified atom stereocenters. The Kier molecular flexibility index (Phi) is 8.86. The van der Waals surface area contributed by atoms with Gasteiger partial charge in [0.25, 0.3) is 5.91 Å². The van der Waals surface area contributed by atoms with Crippen molar-refractivity contribution in [1.82, 2.24) is 0 Å². The van der Waals surface area contributed by atoms with Crippen LogP contribution >= 0.6 is 0 Å². The number of rotatable bonds is 11. The highest BCUT2D eigenvalue weighted by atomic mass is 28.4. The van der Waals surface area contributed by atoms with E-state index in [2.05, 4.69) is 0 Å². The van der Waals surface area contributed by atoms with Gasteiger partial charge in [0.1, 0.15) is 0 Å². The minimum Gasteiger partial charge on any atom is -0.432 e. The summed E-state index contributed by atoms with van der Waals surface area (Å²) < 4.78 is 6.78. The number of fused-ring (bicyclic) bond motifs is 2. The van der Waals surface area contributed by atoms with Crippen molar-refractivity contribution in [2.45, 2.75) is 50.2 Å². The van der Waals surface area contributed by atoms with Crippen LogP contribution in [0, 0.1) is 5.92 Å². The zero-order chi connectivity index (χ0) is 33.3. The molecule has 242 valence electrons. The Hall–Kier alpha value is -4.61. The molecule has 0 aromatic heterocycles. The minimum absolute atomic E-state index is 0.145. The maximum absolute atomic E-state index is 14.9. The first kappa shape index (κ1) is 32.3. The molecule has 6 rings (SSSR count). The van der Waals surface area contributed by atoms with Crippen LogP contribution in [0.15, 0.2) is 103 Å². The summed E-state index contributed by atoms with van der Waals surface area (Å²) >= 11 is 0. The molecular weight excluding hydrogens is 611 g/mol. The second-order valence-corrected chi connectivity index (χ2v) is 16.7. The fourth-order valence-corrected chi connectivity index (χ4v) is 10.1. The second-order valence-electron chi connectivity index (χ2n) is 12.8. The maximum atomic E-state index is 14.9. The molecule has 1 saturated heterocycles. The number of nitrogens with zero attached hydrogens (tertiary/aromatic N) is 3. The first-order chi connectivity index (χ1) is 22.6. The van der Waals surface area contributed by atoms with Crippen LogP contribution in [0.1, 0.15) is 24.5 Å². The van der Waals surface area contributed by atoms with E-state index in [1.807, 2.05) is 123 Å². The summed E-state index contributed by atoms with van der Waals surface area (Å²) in [6.45, 7) is 5.69. The van der Waals surface area contributed by atoms with Crippen molar-refractivity contribution in [2.24, 2.45) is 5.92 Å². The van der Waals surface area contributed by atoms with Gasteiger partial charge >= 0.3 is 0 Å². The lowest BCUT2D eigenvalue weighted by Crippen LogP contribution is -2.46. The van der Waals surface area contributed by atoms with Crippen LogP contribution in [0.5, 0.6) is 0 Å². The molecule has 4 atom stereocenters. The van der Waals surface area contributed by atoms with Gasteiger partial charge in [0.05, 0.1) is 18.3 Å². The number of carbonyl (C=O) groups is 3. The van der Waals surface area contributed by atoms with Gasteiger partial charge in [-0.3, -0.25) is 24.2 Å². The molecule has 3 amide bonds. The SMILES string of the molecule is C[C@@H]1[C@@H]([Si](C)(C)O)[C@H](CCO)O[C@@]12C(=O)N(Cc1cccc(N(C=O)c3ccccc3)c1)c1ccc(N(C=O)c3ccccc3)cc12. The van der Waals surface area contributed by atoms with Crippen molar-refractivity contribution < 1.29 is 29.0 Å². The van der Waals surface area contributed by atoms with Crippen LogP contribution in [0.25, 0.3) is 0 Å². The zero-order valence-electron chi connectivity index (χ0n) is 26.7. The Morgan fingerprint density at radius 2 is 1.40 bits per heavy atom. The number of aliphatic hydroxyl groups excluding tert-OH is 1. The minimum atomic E-state index is -2.89. The number of hydrogen-bond acceptors (Lipinski definition) is 6. The molecule has 2 heterocycles. The Morgan fingerprint density at radius 1 is 0.830 bits per heavy atom. The second kappa shape index (κ2) is 12.9. The number of para-hydroxylation sites is 2. The first-order valence-electron chi connectivity index (χ1n) is 15.8. The maximum Gasteiger partial charge on any atom is 0.264 e. The average molecular weight is 650 g/mol. The van der Waals surface area contributed by atoms with E-state index in [4.69, 9.17) is 4.74 Å². The highest BCUT2D eigenvalue weighted by Gasteiger charge is 2.66. The smallest absolute Gasteiger partial charge is 0.264 e. The number of ether oxygens (including phenoxy) is 1. The standard InChI is InChI=1S/C37H39N3O6Si/c1-26-35(47(2,3)45)34(19-20-41)46-37(26)32-22-31(40(25-43)29-14-8-5-9-15-29)17-18-33(32)38(36(37)44)23-27-11-10-16-30(21-27)39(24-42)28-12-6-4-7-13-28/h4-18,21-22,24-26,34-35,41,45H,19-20,23H2,1-3H3/t26-,34+,35-,37+/m1/s1. The monoisotopic (exact) mass is 649 g/mol. The average Bonchev–Trinajstić information content (AvgIpc) is 3.49. The lowest BCUT2D eigenvalue weighted by molar-refractivity contribution is -0.146. The molecule has 2 aliphatic rings. The Balaban J connectivity index is 1.45. The lowest BCUT2D eigenvalue weighted by Gasteiger charge is -2.32.